The number of aromatic nitrogens is 2. The number of nitro groups is 1. The van der Waals surface area contributed by atoms with Gasteiger partial charge in [-0.3, -0.25) is 10.1 Å². The molecule has 0 atom stereocenters. The molecule has 1 aromatic heterocycles. The predicted molar refractivity (Wildman–Crippen MR) is 74.4 cm³/mol. The van der Waals surface area contributed by atoms with Gasteiger partial charge in [0.15, 0.2) is 0 Å². The number of anilines is 1. The Balaban J connectivity index is 2.40. The Labute approximate surface area is 119 Å². The summed E-state index contributed by atoms with van der Waals surface area (Å²) in [4.78, 5) is 18.2. The van der Waals surface area contributed by atoms with Gasteiger partial charge in [0.1, 0.15) is 11.9 Å². The lowest BCUT2D eigenvalue weighted by atomic mass is 10.3. The molecule has 20 heavy (non-hydrogen) atoms. The highest BCUT2D eigenvalue weighted by molar-refractivity contribution is 6.32. The van der Waals surface area contributed by atoms with Crippen molar-refractivity contribution in [3.05, 3.63) is 45.6 Å². The Hall–Kier alpha value is -2.41. The smallest absolute Gasteiger partial charge is 0.349 e. The third-order valence-corrected chi connectivity index (χ3v) is 2.62. The van der Waals surface area contributed by atoms with Crippen LogP contribution in [0.25, 0.3) is 0 Å². The molecule has 0 amide bonds. The number of halogens is 1. The Morgan fingerprint density at radius 2 is 2.20 bits per heavy atom. The summed E-state index contributed by atoms with van der Waals surface area (Å²) >= 11 is 5.95. The first-order valence-electron chi connectivity index (χ1n) is 5.79. The Morgan fingerprint density at radius 1 is 1.45 bits per heavy atom. The van der Waals surface area contributed by atoms with E-state index in [0.717, 1.165) is 6.20 Å². The van der Waals surface area contributed by atoms with Crippen molar-refractivity contribution in [3.8, 4) is 11.6 Å². The second-order valence-corrected chi connectivity index (χ2v) is 4.11. The quantitative estimate of drug-likeness (QED) is 0.672. The summed E-state index contributed by atoms with van der Waals surface area (Å²) in [6, 6.07) is 6.66. The number of rotatable bonds is 5. The van der Waals surface area contributed by atoms with Crippen LogP contribution in [0.1, 0.15) is 6.92 Å². The Bertz CT molecular complexity index is 636. The van der Waals surface area contributed by atoms with Crippen LogP contribution < -0.4 is 10.1 Å². The average molecular weight is 295 g/mol. The summed E-state index contributed by atoms with van der Waals surface area (Å²) in [5.41, 5.74) is -0.327. The van der Waals surface area contributed by atoms with Crippen LogP contribution in [0.15, 0.2) is 30.5 Å². The highest BCUT2D eigenvalue weighted by Crippen LogP contribution is 2.33. The number of nitrogens with one attached hydrogen (secondary N) is 1. The maximum atomic E-state index is 11.0. The highest BCUT2D eigenvalue weighted by Gasteiger charge is 2.20. The van der Waals surface area contributed by atoms with Gasteiger partial charge >= 0.3 is 11.6 Å². The molecule has 104 valence electrons. The fourth-order valence-electron chi connectivity index (χ4n) is 1.44. The molecular formula is C12H11ClN4O3. The maximum Gasteiger partial charge on any atom is 0.349 e. The zero-order valence-electron chi connectivity index (χ0n) is 10.5. The first-order chi connectivity index (χ1) is 9.61. The summed E-state index contributed by atoms with van der Waals surface area (Å²) in [7, 11) is 0. The summed E-state index contributed by atoms with van der Waals surface area (Å²) < 4.78 is 5.42. The molecular weight excluding hydrogens is 284 g/mol. The molecule has 2 aromatic rings. The van der Waals surface area contributed by atoms with Crippen LogP contribution in [0.2, 0.25) is 5.02 Å². The summed E-state index contributed by atoms with van der Waals surface area (Å²) in [5, 5.41) is 14.2. The second-order valence-electron chi connectivity index (χ2n) is 3.70. The van der Waals surface area contributed by atoms with Crippen LogP contribution in [-0.2, 0) is 0 Å². The molecule has 0 radical (unpaired) electrons. The molecule has 0 aliphatic heterocycles. The van der Waals surface area contributed by atoms with Gasteiger partial charge in [-0.05, 0) is 19.1 Å². The van der Waals surface area contributed by atoms with E-state index in [1.807, 2.05) is 6.92 Å². The molecule has 0 fully saturated rings. The monoisotopic (exact) mass is 294 g/mol. The van der Waals surface area contributed by atoms with Crippen LogP contribution in [0.5, 0.6) is 11.6 Å². The number of nitrogens with zero attached hydrogens (tertiary/aromatic N) is 3. The van der Waals surface area contributed by atoms with E-state index in [1.54, 1.807) is 24.3 Å². The van der Waals surface area contributed by atoms with Crippen molar-refractivity contribution < 1.29 is 9.66 Å². The van der Waals surface area contributed by atoms with Gasteiger partial charge in [0, 0.05) is 6.54 Å². The summed E-state index contributed by atoms with van der Waals surface area (Å²) in [6.45, 7) is 2.45. The van der Waals surface area contributed by atoms with Crippen molar-refractivity contribution in [2.24, 2.45) is 0 Å². The van der Waals surface area contributed by atoms with Gasteiger partial charge in [0.05, 0.1) is 9.95 Å². The van der Waals surface area contributed by atoms with E-state index in [2.05, 4.69) is 15.3 Å². The van der Waals surface area contributed by atoms with Crippen molar-refractivity contribution in [2.75, 3.05) is 11.9 Å². The Kier molecular flexibility index (Phi) is 4.31. The number of benzene rings is 1. The summed E-state index contributed by atoms with van der Waals surface area (Å²) in [6.07, 6.45) is 1.09. The summed E-state index contributed by atoms with van der Waals surface area (Å²) in [5.74, 6) is 0.382. The van der Waals surface area contributed by atoms with Gasteiger partial charge in [-0.15, -0.1) is 0 Å². The van der Waals surface area contributed by atoms with Crippen molar-refractivity contribution in [1.29, 1.82) is 0 Å². The molecule has 1 N–H and O–H groups in total. The minimum absolute atomic E-state index is 0.158. The van der Waals surface area contributed by atoms with Gasteiger partial charge in [-0.25, -0.2) is 4.98 Å². The standard InChI is InChI=1S/C12H11ClN4O3/c1-2-14-12-15-7-9(17(18)19)11(16-12)20-10-6-4-3-5-8(10)13/h3-7H,2H2,1H3,(H,14,15,16). The van der Waals surface area contributed by atoms with E-state index in [0.29, 0.717) is 17.3 Å². The van der Waals surface area contributed by atoms with Gasteiger partial charge in [-0.2, -0.15) is 4.98 Å². The van der Waals surface area contributed by atoms with E-state index in [9.17, 15) is 10.1 Å². The molecule has 0 unspecified atom stereocenters. The number of para-hydroxylation sites is 1. The number of ether oxygens (including phenoxy) is 1. The fourth-order valence-corrected chi connectivity index (χ4v) is 1.61. The average Bonchev–Trinajstić information content (AvgIpc) is 2.42. The van der Waals surface area contributed by atoms with Crippen molar-refractivity contribution in [1.82, 2.24) is 9.97 Å². The minimum Gasteiger partial charge on any atom is -0.432 e. The SMILES string of the molecule is CCNc1ncc([N+](=O)[O-])c(Oc2ccccc2Cl)n1. The van der Waals surface area contributed by atoms with E-state index in [-0.39, 0.29) is 17.5 Å². The van der Waals surface area contributed by atoms with Crippen molar-refractivity contribution >= 4 is 23.2 Å². The van der Waals surface area contributed by atoms with Crippen LogP contribution in [0.3, 0.4) is 0 Å². The van der Waals surface area contributed by atoms with Gasteiger partial charge < -0.3 is 10.1 Å². The molecule has 7 nitrogen and oxygen atoms in total. The minimum atomic E-state index is -0.609. The first-order valence-corrected chi connectivity index (χ1v) is 6.17. The molecule has 8 heteroatoms. The van der Waals surface area contributed by atoms with Crippen molar-refractivity contribution in [3.63, 3.8) is 0 Å². The molecule has 0 saturated heterocycles. The molecule has 0 saturated carbocycles. The lowest BCUT2D eigenvalue weighted by molar-refractivity contribution is -0.386. The second kappa shape index (κ2) is 6.16. The molecule has 2 rings (SSSR count). The third kappa shape index (κ3) is 3.12. The normalized spacial score (nSPS) is 10.1. The zero-order chi connectivity index (χ0) is 14.5. The van der Waals surface area contributed by atoms with Crippen LogP contribution in [0.4, 0.5) is 11.6 Å². The largest absolute Gasteiger partial charge is 0.432 e. The van der Waals surface area contributed by atoms with Gasteiger partial charge in [0.25, 0.3) is 0 Å². The highest BCUT2D eigenvalue weighted by atomic mass is 35.5. The molecule has 0 spiro atoms. The Morgan fingerprint density at radius 3 is 2.85 bits per heavy atom. The lowest BCUT2D eigenvalue weighted by Crippen LogP contribution is -2.05. The van der Waals surface area contributed by atoms with Crippen LogP contribution >= 0.6 is 11.6 Å². The van der Waals surface area contributed by atoms with Crippen LogP contribution in [0, 0.1) is 10.1 Å². The van der Waals surface area contributed by atoms with E-state index in [4.69, 9.17) is 16.3 Å². The molecule has 0 aliphatic carbocycles. The third-order valence-electron chi connectivity index (χ3n) is 2.31. The fraction of sp³-hybridized carbons (Fsp3) is 0.167. The maximum absolute atomic E-state index is 11.0. The number of hydrogen-bond acceptors (Lipinski definition) is 6. The van der Waals surface area contributed by atoms with Gasteiger partial charge in [0.2, 0.25) is 5.95 Å². The molecule has 0 aliphatic rings. The van der Waals surface area contributed by atoms with E-state index in [1.165, 1.54) is 0 Å². The van der Waals surface area contributed by atoms with Crippen LogP contribution in [-0.4, -0.2) is 21.4 Å². The molecule has 1 heterocycles. The molecule has 0 bridgehead atoms. The van der Waals surface area contributed by atoms with E-state index >= 15 is 0 Å². The van der Waals surface area contributed by atoms with E-state index < -0.39 is 4.92 Å². The van der Waals surface area contributed by atoms with Gasteiger partial charge in [-0.1, -0.05) is 23.7 Å². The molecule has 1 aromatic carbocycles. The lowest BCUT2D eigenvalue weighted by Gasteiger charge is -2.08. The first kappa shape index (κ1) is 14.0. The topological polar surface area (TPSA) is 90.2 Å². The zero-order valence-corrected chi connectivity index (χ0v) is 11.3. The van der Waals surface area contributed by atoms with Crippen molar-refractivity contribution in [2.45, 2.75) is 6.92 Å². The number of hydrogen-bond donors (Lipinski definition) is 1. The predicted octanol–water partition coefficient (Wildman–Crippen LogP) is 3.26.